The van der Waals surface area contributed by atoms with Crippen LogP contribution in [0, 0.1) is 46.3 Å². The van der Waals surface area contributed by atoms with Crippen molar-refractivity contribution in [3.8, 4) is 0 Å². The summed E-state index contributed by atoms with van der Waals surface area (Å²) in [5, 5.41) is 10.1. The molecule has 0 spiro atoms. The van der Waals surface area contributed by atoms with E-state index in [2.05, 4.69) is 27.7 Å². The van der Waals surface area contributed by atoms with Crippen molar-refractivity contribution >= 4 is 9.84 Å². The van der Waals surface area contributed by atoms with E-state index in [4.69, 9.17) is 0 Å². The summed E-state index contributed by atoms with van der Waals surface area (Å²) in [7, 11) is -3.33. The molecule has 4 fully saturated rings. The van der Waals surface area contributed by atoms with Crippen LogP contribution < -0.4 is 0 Å². The van der Waals surface area contributed by atoms with E-state index < -0.39 is 9.84 Å². The first-order valence-electron chi connectivity index (χ1n) is 15.0. The van der Waals surface area contributed by atoms with Gasteiger partial charge in [-0.3, -0.25) is 0 Å². The Hall–Kier alpha value is -0.870. The first kappa shape index (κ1) is 26.7. The van der Waals surface area contributed by atoms with Crippen LogP contribution in [0.3, 0.4) is 0 Å². The van der Waals surface area contributed by atoms with Gasteiger partial charge in [0.1, 0.15) is 0 Å². The Morgan fingerprint density at radius 1 is 0.889 bits per heavy atom. The second-order valence-electron chi connectivity index (χ2n) is 14.1. The summed E-state index contributed by atoms with van der Waals surface area (Å²) < 4.78 is 27.7. The predicted octanol–water partition coefficient (Wildman–Crippen LogP) is 7.68. The number of sulfone groups is 1. The minimum atomic E-state index is -3.33. The van der Waals surface area contributed by atoms with Gasteiger partial charge in [-0.1, -0.05) is 45.9 Å². The summed E-state index contributed by atoms with van der Waals surface area (Å²) in [5.41, 5.74) is 0.679. The highest BCUT2D eigenvalue weighted by atomic mass is 32.2. The molecular formula is C32H50O3S. The molecule has 0 bridgehead atoms. The fraction of sp³-hybridized carbons (Fsp3) is 0.812. The van der Waals surface area contributed by atoms with Crippen molar-refractivity contribution in [2.45, 2.75) is 121 Å². The largest absolute Gasteiger partial charge is 0.393 e. The van der Waals surface area contributed by atoms with Crippen LogP contribution in [0.15, 0.2) is 35.2 Å². The second kappa shape index (κ2) is 10.0. The first-order valence-corrected chi connectivity index (χ1v) is 16.6. The molecule has 1 N–H and O–H groups in total. The molecule has 0 heterocycles. The Labute approximate surface area is 220 Å². The highest BCUT2D eigenvalue weighted by Gasteiger charge is 2.60. The molecule has 202 valence electrons. The Balaban J connectivity index is 1.36. The minimum absolute atomic E-state index is 0.0846. The summed E-state index contributed by atoms with van der Waals surface area (Å²) in [6.07, 6.45) is 13.3. The van der Waals surface area contributed by atoms with Gasteiger partial charge in [-0.2, -0.15) is 0 Å². The standard InChI is InChI=1S/C32H50O3S/c1-22(2)10-13-27(36(34,35)26-8-6-5-7-9-26)21-24-12-15-29-28-14-11-23-20-25(33)16-18-31(23,3)30(28)17-19-32(24,29)4/h5-9,22-25,27-30,33H,10-21H2,1-4H3. The van der Waals surface area contributed by atoms with E-state index in [0.717, 1.165) is 49.9 Å². The van der Waals surface area contributed by atoms with Crippen molar-refractivity contribution in [2.24, 2.45) is 46.3 Å². The fourth-order valence-electron chi connectivity index (χ4n) is 9.77. The van der Waals surface area contributed by atoms with Gasteiger partial charge in [-0.05, 0) is 136 Å². The van der Waals surface area contributed by atoms with E-state index in [1.165, 1.54) is 44.9 Å². The molecule has 9 atom stereocenters. The maximum Gasteiger partial charge on any atom is 0.181 e. The van der Waals surface area contributed by atoms with Crippen LogP contribution in [-0.2, 0) is 9.84 Å². The number of aliphatic hydroxyl groups is 1. The molecule has 3 nitrogen and oxygen atoms in total. The minimum Gasteiger partial charge on any atom is -0.393 e. The van der Waals surface area contributed by atoms with Crippen molar-refractivity contribution in [1.29, 1.82) is 0 Å². The zero-order chi connectivity index (χ0) is 25.7. The third-order valence-corrected chi connectivity index (χ3v) is 14.2. The lowest BCUT2D eigenvalue weighted by Crippen LogP contribution is -2.54. The van der Waals surface area contributed by atoms with Gasteiger partial charge >= 0.3 is 0 Å². The Morgan fingerprint density at radius 3 is 2.31 bits per heavy atom. The number of hydrogen-bond donors (Lipinski definition) is 1. The van der Waals surface area contributed by atoms with E-state index in [1.807, 2.05) is 18.2 Å². The van der Waals surface area contributed by atoms with E-state index in [-0.39, 0.29) is 16.8 Å². The van der Waals surface area contributed by atoms with Gasteiger partial charge in [0, 0.05) is 0 Å². The van der Waals surface area contributed by atoms with Gasteiger partial charge in [-0.15, -0.1) is 0 Å². The number of hydrogen-bond acceptors (Lipinski definition) is 3. The zero-order valence-electron chi connectivity index (χ0n) is 23.2. The highest BCUT2D eigenvalue weighted by Crippen LogP contribution is 2.68. The smallest absolute Gasteiger partial charge is 0.181 e. The van der Waals surface area contributed by atoms with Crippen LogP contribution in [0.4, 0.5) is 0 Å². The van der Waals surface area contributed by atoms with E-state index >= 15 is 0 Å². The third kappa shape index (κ3) is 4.61. The Bertz CT molecular complexity index is 1000. The average Bonchev–Trinajstić information content (AvgIpc) is 3.18. The molecule has 4 saturated carbocycles. The number of rotatable bonds is 7. The molecule has 0 radical (unpaired) electrons. The monoisotopic (exact) mass is 514 g/mol. The molecule has 0 aliphatic heterocycles. The average molecular weight is 515 g/mol. The molecule has 4 aliphatic carbocycles. The van der Waals surface area contributed by atoms with Gasteiger partial charge < -0.3 is 5.11 Å². The summed E-state index contributed by atoms with van der Waals surface area (Å²) in [4.78, 5) is 0.507. The van der Waals surface area contributed by atoms with Gasteiger partial charge in [0.15, 0.2) is 9.84 Å². The van der Waals surface area contributed by atoms with Gasteiger partial charge in [0.05, 0.1) is 16.2 Å². The number of benzene rings is 1. The SMILES string of the molecule is CC(C)CCC(CC1CCC2C3CCC4CC(O)CCC4(C)C3CCC12C)S(=O)(=O)c1ccccc1. The lowest BCUT2D eigenvalue weighted by atomic mass is 9.44. The van der Waals surface area contributed by atoms with Crippen molar-refractivity contribution in [3.63, 3.8) is 0 Å². The normalized spacial score (nSPS) is 41.4. The Morgan fingerprint density at radius 2 is 1.58 bits per heavy atom. The predicted molar refractivity (Wildman–Crippen MR) is 147 cm³/mol. The van der Waals surface area contributed by atoms with Crippen molar-refractivity contribution in [3.05, 3.63) is 30.3 Å². The lowest BCUT2D eigenvalue weighted by Gasteiger charge is -2.61. The van der Waals surface area contributed by atoms with Crippen LogP contribution in [0.1, 0.15) is 105 Å². The number of aliphatic hydroxyl groups excluding tert-OH is 1. The fourth-order valence-corrected chi connectivity index (χ4v) is 11.6. The molecule has 4 heteroatoms. The van der Waals surface area contributed by atoms with Gasteiger partial charge in [-0.25, -0.2) is 8.42 Å². The topological polar surface area (TPSA) is 54.4 Å². The maximum absolute atomic E-state index is 13.8. The van der Waals surface area contributed by atoms with E-state index in [0.29, 0.717) is 28.1 Å². The first-order chi connectivity index (χ1) is 17.1. The van der Waals surface area contributed by atoms with Crippen molar-refractivity contribution in [2.75, 3.05) is 0 Å². The molecule has 0 saturated heterocycles. The van der Waals surface area contributed by atoms with Crippen LogP contribution >= 0.6 is 0 Å². The summed E-state index contributed by atoms with van der Waals surface area (Å²) in [6, 6.07) is 9.22. The zero-order valence-corrected chi connectivity index (χ0v) is 24.0. The van der Waals surface area contributed by atoms with Crippen LogP contribution in [0.2, 0.25) is 0 Å². The molecule has 9 unspecified atom stereocenters. The van der Waals surface area contributed by atoms with Crippen molar-refractivity contribution in [1.82, 2.24) is 0 Å². The molecular weight excluding hydrogens is 464 g/mol. The highest BCUT2D eigenvalue weighted by molar-refractivity contribution is 7.92. The molecule has 4 aliphatic rings. The number of fused-ring (bicyclic) bond motifs is 5. The van der Waals surface area contributed by atoms with Gasteiger partial charge in [0.2, 0.25) is 0 Å². The third-order valence-electron chi connectivity index (χ3n) is 12.0. The molecule has 0 aromatic heterocycles. The van der Waals surface area contributed by atoms with E-state index in [9.17, 15) is 13.5 Å². The van der Waals surface area contributed by atoms with Crippen molar-refractivity contribution < 1.29 is 13.5 Å². The molecule has 1 aromatic carbocycles. The lowest BCUT2D eigenvalue weighted by molar-refractivity contribution is -0.126. The van der Waals surface area contributed by atoms with Crippen LogP contribution in [0.5, 0.6) is 0 Å². The summed E-state index contributed by atoms with van der Waals surface area (Å²) in [5.74, 6) is 4.07. The summed E-state index contributed by atoms with van der Waals surface area (Å²) >= 11 is 0. The molecule has 5 rings (SSSR count). The molecule has 0 amide bonds. The molecule has 36 heavy (non-hydrogen) atoms. The maximum atomic E-state index is 13.8. The Kier molecular flexibility index (Phi) is 7.44. The molecule has 1 aromatic rings. The van der Waals surface area contributed by atoms with E-state index in [1.54, 1.807) is 12.1 Å². The van der Waals surface area contributed by atoms with Crippen LogP contribution in [0.25, 0.3) is 0 Å². The van der Waals surface area contributed by atoms with Gasteiger partial charge in [0.25, 0.3) is 0 Å². The van der Waals surface area contributed by atoms with Crippen LogP contribution in [-0.4, -0.2) is 24.9 Å². The quantitative estimate of drug-likeness (QED) is 0.406. The second-order valence-corrected chi connectivity index (χ2v) is 16.3. The summed E-state index contributed by atoms with van der Waals surface area (Å²) in [6.45, 7) is 9.52.